The van der Waals surface area contributed by atoms with Gasteiger partial charge in [-0.3, -0.25) is 4.79 Å². The number of fused-ring (bicyclic) bond motifs is 1. The van der Waals surface area contributed by atoms with Crippen LogP contribution in [0, 0.1) is 0 Å². The quantitative estimate of drug-likeness (QED) is 0.853. The number of thiol groups is 1. The second-order valence-electron chi connectivity index (χ2n) is 2.87. The SMILES string of the molecule is O=c1cc(NCCS)oc2c(Br)coc12. The summed E-state index contributed by atoms with van der Waals surface area (Å²) >= 11 is 7.28. The van der Waals surface area contributed by atoms with Crippen molar-refractivity contribution in [3.8, 4) is 0 Å². The first-order valence-electron chi connectivity index (χ1n) is 4.28. The second-order valence-corrected chi connectivity index (χ2v) is 4.17. The molecule has 0 unspecified atom stereocenters. The maximum atomic E-state index is 11.5. The topological polar surface area (TPSA) is 55.4 Å². The Kier molecular flexibility index (Phi) is 3.06. The number of rotatable bonds is 3. The summed E-state index contributed by atoms with van der Waals surface area (Å²) in [7, 11) is 0. The van der Waals surface area contributed by atoms with E-state index in [9.17, 15) is 4.79 Å². The highest BCUT2D eigenvalue weighted by atomic mass is 79.9. The van der Waals surface area contributed by atoms with Crippen LogP contribution in [0.5, 0.6) is 0 Å². The van der Waals surface area contributed by atoms with Crippen LogP contribution in [-0.4, -0.2) is 12.3 Å². The summed E-state index contributed by atoms with van der Waals surface area (Å²) < 4.78 is 11.1. The normalized spacial score (nSPS) is 10.8. The third kappa shape index (κ3) is 2.05. The molecule has 0 aliphatic heterocycles. The van der Waals surface area contributed by atoms with Crippen LogP contribution in [0.2, 0.25) is 0 Å². The molecule has 0 saturated carbocycles. The van der Waals surface area contributed by atoms with E-state index in [1.165, 1.54) is 12.3 Å². The molecule has 0 spiro atoms. The van der Waals surface area contributed by atoms with Crippen molar-refractivity contribution in [1.82, 2.24) is 0 Å². The molecule has 15 heavy (non-hydrogen) atoms. The summed E-state index contributed by atoms with van der Waals surface area (Å²) in [5.41, 5.74) is 0.436. The first-order valence-corrected chi connectivity index (χ1v) is 5.70. The van der Waals surface area contributed by atoms with E-state index in [4.69, 9.17) is 8.83 Å². The Morgan fingerprint density at radius 3 is 3.00 bits per heavy atom. The Morgan fingerprint density at radius 2 is 2.27 bits per heavy atom. The van der Waals surface area contributed by atoms with E-state index < -0.39 is 0 Å². The van der Waals surface area contributed by atoms with Crippen LogP contribution < -0.4 is 10.7 Å². The Balaban J connectivity index is 2.50. The lowest BCUT2D eigenvalue weighted by Crippen LogP contribution is -2.06. The van der Waals surface area contributed by atoms with Gasteiger partial charge in [0.25, 0.3) is 0 Å². The molecule has 0 radical (unpaired) electrons. The first kappa shape index (κ1) is 10.6. The van der Waals surface area contributed by atoms with Crippen molar-refractivity contribution in [2.24, 2.45) is 0 Å². The van der Waals surface area contributed by atoms with E-state index in [-0.39, 0.29) is 11.0 Å². The number of nitrogens with one attached hydrogen (secondary N) is 1. The largest absolute Gasteiger partial charge is 0.456 e. The van der Waals surface area contributed by atoms with E-state index in [1.54, 1.807) is 0 Å². The highest BCUT2D eigenvalue weighted by Crippen LogP contribution is 2.25. The van der Waals surface area contributed by atoms with E-state index >= 15 is 0 Å². The van der Waals surface area contributed by atoms with Crippen molar-refractivity contribution in [2.45, 2.75) is 0 Å². The maximum Gasteiger partial charge on any atom is 0.230 e. The van der Waals surface area contributed by atoms with Crippen molar-refractivity contribution >= 4 is 45.6 Å². The van der Waals surface area contributed by atoms with Crippen LogP contribution in [0.25, 0.3) is 11.2 Å². The van der Waals surface area contributed by atoms with Crippen LogP contribution in [0.4, 0.5) is 5.88 Å². The van der Waals surface area contributed by atoms with Crippen LogP contribution in [-0.2, 0) is 0 Å². The molecule has 1 N–H and O–H groups in total. The van der Waals surface area contributed by atoms with E-state index in [0.29, 0.717) is 28.2 Å². The highest BCUT2D eigenvalue weighted by molar-refractivity contribution is 9.10. The molecule has 0 aliphatic rings. The van der Waals surface area contributed by atoms with Crippen LogP contribution in [0.1, 0.15) is 0 Å². The van der Waals surface area contributed by atoms with Crippen molar-refractivity contribution in [1.29, 1.82) is 0 Å². The molecule has 2 aromatic heterocycles. The number of hydrogen-bond donors (Lipinski definition) is 2. The number of halogens is 1. The van der Waals surface area contributed by atoms with Gasteiger partial charge >= 0.3 is 0 Å². The second kappa shape index (κ2) is 4.32. The third-order valence-electron chi connectivity index (χ3n) is 1.81. The Bertz CT molecular complexity index is 534. The van der Waals surface area contributed by atoms with Crippen molar-refractivity contribution in [3.63, 3.8) is 0 Å². The minimum atomic E-state index is -0.205. The fourth-order valence-corrected chi connectivity index (χ4v) is 1.65. The average molecular weight is 290 g/mol. The summed E-state index contributed by atoms with van der Waals surface area (Å²) in [5, 5.41) is 2.94. The zero-order valence-corrected chi connectivity index (χ0v) is 10.1. The van der Waals surface area contributed by atoms with E-state index in [0.717, 1.165) is 0 Å². The Labute approximate surface area is 99.2 Å². The summed E-state index contributed by atoms with van der Waals surface area (Å²) in [6.07, 6.45) is 1.43. The molecular formula is C9H8BrNO3S. The van der Waals surface area contributed by atoms with Crippen LogP contribution >= 0.6 is 28.6 Å². The molecule has 0 bridgehead atoms. The van der Waals surface area contributed by atoms with Gasteiger partial charge in [0, 0.05) is 18.4 Å². The standard InChI is InChI=1S/C9H8BrNO3S/c10-5-4-13-9-6(12)3-7(11-1-2-15)14-8(5)9/h3-4,11,15H,1-2H2. The summed E-state index contributed by atoms with van der Waals surface area (Å²) in [6, 6.07) is 1.36. The molecule has 6 heteroatoms. The molecule has 2 aromatic rings. The molecule has 0 amide bonds. The van der Waals surface area contributed by atoms with Gasteiger partial charge in [-0.1, -0.05) is 0 Å². The summed E-state index contributed by atoms with van der Waals surface area (Å²) in [4.78, 5) is 11.5. The predicted molar refractivity (Wildman–Crippen MR) is 64.8 cm³/mol. The minimum Gasteiger partial charge on any atom is -0.456 e. The molecular weight excluding hydrogens is 282 g/mol. The van der Waals surface area contributed by atoms with Gasteiger partial charge in [0.05, 0.1) is 4.47 Å². The maximum absolute atomic E-state index is 11.5. The van der Waals surface area contributed by atoms with Gasteiger partial charge in [0.2, 0.25) is 11.0 Å². The van der Waals surface area contributed by atoms with Gasteiger partial charge in [0.1, 0.15) is 6.26 Å². The number of furan rings is 1. The molecule has 4 nitrogen and oxygen atoms in total. The van der Waals surface area contributed by atoms with Gasteiger partial charge < -0.3 is 14.2 Å². The minimum absolute atomic E-state index is 0.205. The molecule has 80 valence electrons. The first-order chi connectivity index (χ1) is 7.22. The smallest absolute Gasteiger partial charge is 0.230 e. The van der Waals surface area contributed by atoms with Crippen LogP contribution in [0.3, 0.4) is 0 Å². The van der Waals surface area contributed by atoms with Crippen molar-refractivity contribution < 1.29 is 8.83 Å². The zero-order valence-electron chi connectivity index (χ0n) is 7.62. The molecule has 0 saturated heterocycles. The van der Waals surface area contributed by atoms with Gasteiger partial charge in [-0.15, -0.1) is 0 Å². The number of hydrogen-bond acceptors (Lipinski definition) is 5. The van der Waals surface area contributed by atoms with Crippen molar-refractivity contribution in [2.75, 3.05) is 17.6 Å². The lowest BCUT2D eigenvalue weighted by Gasteiger charge is -2.01. The van der Waals surface area contributed by atoms with Gasteiger partial charge in [-0.2, -0.15) is 12.6 Å². The van der Waals surface area contributed by atoms with Crippen LogP contribution in [0.15, 0.2) is 30.4 Å². The fourth-order valence-electron chi connectivity index (χ4n) is 1.18. The van der Waals surface area contributed by atoms with E-state index in [2.05, 4.69) is 33.9 Å². The molecule has 0 aromatic carbocycles. The Hall–Kier alpha value is -0.880. The molecule has 0 atom stereocenters. The summed E-state index contributed by atoms with van der Waals surface area (Å²) in [6.45, 7) is 0.632. The molecule has 0 aliphatic carbocycles. The molecule has 0 fully saturated rings. The number of anilines is 1. The van der Waals surface area contributed by atoms with Gasteiger partial charge in [-0.05, 0) is 15.9 Å². The zero-order chi connectivity index (χ0) is 10.8. The van der Waals surface area contributed by atoms with Crippen molar-refractivity contribution in [3.05, 3.63) is 27.0 Å². The third-order valence-corrected chi connectivity index (χ3v) is 2.58. The van der Waals surface area contributed by atoms with E-state index in [1.807, 2.05) is 0 Å². The predicted octanol–water partition coefficient (Wildman–Crippen LogP) is 2.49. The molecule has 2 heterocycles. The lowest BCUT2D eigenvalue weighted by atomic mass is 10.4. The Morgan fingerprint density at radius 1 is 1.47 bits per heavy atom. The average Bonchev–Trinajstić information content (AvgIpc) is 2.58. The molecule has 2 rings (SSSR count). The van der Waals surface area contributed by atoms with Gasteiger partial charge in [-0.25, -0.2) is 0 Å². The summed E-state index contributed by atoms with van der Waals surface area (Å²) in [5.74, 6) is 1.08. The van der Waals surface area contributed by atoms with Gasteiger partial charge in [0.15, 0.2) is 11.5 Å². The monoisotopic (exact) mass is 289 g/mol. The fraction of sp³-hybridized carbons (Fsp3) is 0.222. The highest BCUT2D eigenvalue weighted by Gasteiger charge is 2.11. The lowest BCUT2D eigenvalue weighted by molar-refractivity contribution is 0.586.